The molecule has 3 rings (SSSR count). The highest BCUT2D eigenvalue weighted by Crippen LogP contribution is 2.51. The van der Waals surface area contributed by atoms with Gasteiger partial charge in [-0.25, -0.2) is 0 Å². The number of phenolic OH excluding ortho intramolecular Hbond substituents is 1. The zero-order chi connectivity index (χ0) is 23.3. The third-order valence-corrected chi connectivity index (χ3v) is 5.29. The van der Waals surface area contributed by atoms with Crippen molar-refractivity contribution in [1.29, 1.82) is 0 Å². The Hall–Kier alpha value is -3.42. The first kappa shape index (κ1) is 23.2. The van der Waals surface area contributed by atoms with Crippen LogP contribution in [0.15, 0.2) is 30.3 Å². The Morgan fingerprint density at radius 1 is 1.00 bits per heavy atom. The van der Waals surface area contributed by atoms with E-state index in [1.54, 1.807) is 25.3 Å². The van der Waals surface area contributed by atoms with Crippen molar-refractivity contribution < 1.29 is 38.4 Å². The lowest BCUT2D eigenvalue weighted by Gasteiger charge is -2.20. The Morgan fingerprint density at radius 2 is 1.72 bits per heavy atom. The number of hydrogen-bond acceptors (Lipinski definition) is 8. The summed E-state index contributed by atoms with van der Waals surface area (Å²) >= 11 is 0. The lowest BCUT2D eigenvalue weighted by Crippen LogP contribution is -2.17. The molecule has 1 N–H and O–H groups in total. The smallest absolute Gasteiger partial charge is 0.302 e. The highest BCUT2D eigenvalue weighted by Gasteiger charge is 2.39. The Balaban J connectivity index is 1.94. The maximum absolute atomic E-state index is 11.5. The van der Waals surface area contributed by atoms with E-state index in [1.807, 2.05) is 12.1 Å². The number of carbonyl (C=O) groups is 2. The first-order valence-corrected chi connectivity index (χ1v) is 10.3. The van der Waals surface area contributed by atoms with Gasteiger partial charge in [0.05, 0.1) is 26.7 Å². The molecule has 1 heterocycles. The molecule has 2 atom stereocenters. The van der Waals surface area contributed by atoms with Crippen LogP contribution in [0.3, 0.4) is 0 Å². The summed E-state index contributed by atoms with van der Waals surface area (Å²) in [4.78, 5) is 22.5. The van der Waals surface area contributed by atoms with Gasteiger partial charge in [-0.15, -0.1) is 0 Å². The molecule has 2 aromatic carbocycles. The molecule has 0 amide bonds. The highest BCUT2D eigenvalue weighted by molar-refractivity contribution is 5.66. The van der Waals surface area contributed by atoms with Crippen LogP contribution < -0.4 is 14.2 Å². The zero-order valence-electron chi connectivity index (χ0n) is 18.7. The van der Waals surface area contributed by atoms with E-state index in [-0.39, 0.29) is 30.2 Å². The number of phenols is 1. The maximum Gasteiger partial charge on any atom is 0.302 e. The van der Waals surface area contributed by atoms with Crippen LogP contribution in [-0.2, 0) is 25.5 Å². The van der Waals surface area contributed by atoms with Gasteiger partial charge in [-0.1, -0.05) is 12.1 Å². The first-order chi connectivity index (χ1) is 15.3. The predicted molar refractivity (Wildman–Crippen MR) is 115 cm³/mol. The van der Waals surface area contributed by atoms with E-state index in [2.05, 4.69) is 0 Å². The van der Waals surface area contributed by atoms with Gasteiger partial charge < -0.3 is 28.8 Å². The quantitative estimate of drug-likeness (QED) is 0.462. The number of carbonyl (C=O) groups excluding carboxylic acids is 2. The predicted octanol–water partition coefficient (Wildman–Crippen LogP) is 3.69. The molecular formula is C24H28O8. The topological polar surface area (TPSA) is 101 Å². The van der Waals surface area contributed by atoms with Crippen LogP contribution in [0.2, 0.25) is 0 Å². The number of esters is 2. The van der Waals surface area contributed by atoms with E-state index in [4.69, 9.17) is 23.7 Å². The van der Waals surface area contributed by atoms with Crippen molar-refractivity contribution in [2.75, 3.05) is 27.4 Å². The summed E-state index contributed by atoms with van der Waals surface area (Å²) in [6.45, 7) is 3.20. The molecule has 8 heteroatoms. The second kappa shape index (κ2) is 10.3. The van der Waals surface area contributed by atoms with E-state index in [0.29, 0.717) is 36.7 Å². The van der Waals surface area contributed by atoms with Crippen LogP contribution in [-0.4, -0.2) is 44.5 Å². The number of methoxy groups -OCH3 is 2. The minimum absolute atomic E-state index is 0.0240. The highest BCUT2D eigenvalue weighted by atomic mass is 16.5. The van der Waals surface area contributed by atoms with Crippen LogP contribution in [0.25, 0.3) is 0 Å². The molecule has 8 nitrogen and oxygen atoms in total. The molecule has 0 bridgehead atoms. The lowest BCUT2D eigenvalue weighted by atomic mass is 9.90. The van der Waals surface area contributed by atoms with Crippen molar-refractivity contribution in [3.05, 3.63) is 47.0 Å². The van der Waals surface area contributed by atoms with Crippen LogP contribution in [0.4, 0.5) is 0 Å². The van der Waals surface area contributed by atoms with Crippen molar-refractivity contribution in [2.45, 2.75) is 38.7 Å². The molecule has 0 saturated carbocycles. The number of fused-ring (bicyclic) bond motifs is 1. The molecule has 32 heavy (non-hydrogen) atoms. The zero-order valence-corrected chi connectivity index (χ0v) is 18.7. The molecule has 0 radical (unpaired) electrons. The van der Waals surface area contributed by atoms with Crippen LogP contribution >= 0.6 is 0 Å². The standard InChI is InChI=1S/C24H28O8/c1-14(25)30-9-5-6-16-10-18-19(13-31-15(2)26)23(32-24(18)22(11-16)29-4)17-7-8-20(27)21(12-17)28-3/h7-8,10-12,19,23,27H,5-6,9,13H2,1-4H3. The average Bonchev–Trinajstić information content (AvgIpc) is 3.13. The monoisotopic (exact) mass is 444 g/mol. The molecule has 2 aromatic rings. The third-order valence-electron chi connectivity index (χ3n) is 5.29. The largest absolute Gasteiger partial charge is 0.504 e. The number of benzene rings is 2. The molecule has 0 spiro atoms. The van der Waals surface area contributed by atoms with E-state index >= 15 is 0 Å². The fraction of sp³-hybridized carbons (Fsp3) is 0.417. The van der Waals surface area contributed by atoms with Gasteiger partial charge in [-0.2, -0.15) is 0 Å². The second-order valence-electron chi connectivity index (χ2n) is 7.54. The Labute approximate surface area is 187 Å². The number of ether oxygens (including phenoxy) is 5. The summed E-state index contributed by atoms with van der Waals surface area (Å²) in [5, 5.41) is 9.96. The van der Waals surface area contributed by atoms with Crippen molar-refractivity contribution in [3.63, 3.8) is 0 Å². The SMILES string of the molecule is COc1cc(C2Oc3c(OC)cc(CCCOC(C)=O)cc3C2COC(C)=O)ccc1O. The number of hydrogen-bond donors (Lipinski definition) is 1. The second-order valence-corrected chi connectivity index (χ2v) is 7.54. The van der Waals surface area contributed by atoms with Crippen LogP contribution in [0.1, 0.15) is 49.0 Å². The minimum atomic E-state index is -0.468. The van der Waals surface area contributed by atoms with Gasteiger partial charge in [0.15, 0.2) is 23.0 Å². The maximum atomic E-state index is 11.5. The van der Waals surface area contributed by atoms with Gasteiger partial charge in [0.2, 0.25) is 0 Å². The Bertz CT molecular complexity index is 984. The summed E-state index contributed by atoms with van der Waals surface area (Å²) in [5.74, 6) is 0.535. The number of rotatable bonds is 9. The molecule has 1 aliphatic rings. The Morgan fingerprint density at radius 3 is 2.38 bits per heavy atom. The van der Waals surface area contributed by atoms with Crippen molar-refractivity contribution >= 4 is 11.9 Å². The van der Waals surface area contributed by atoms with Gasteiger partial charge in [0.25, 0.3) is 0 Å². The number of aromatic hydroxyl groups is 1. The van der Waals surface area contributed by atoms with Crippen LogP contribution in [0.5, 0.6) is 23.0 Å². The van der Waals surface area contributed by atoms with Crippen LogP contribution in [0, 0.1) is 0 Å². The molecule has 172 valence electrons. The molecule has 0 aliphatic carbocycles. The van der Waals surface area contributed by atoms with Gasteiger partial charge in [-0.3, -0.25) is 9.59 Å². The fourth-order valence-electron chi connectivity index (χ4n) is 3.80. The summed E-state index contributed by atoms with van der Waals surface area (Å²) in [6, 6.07) is 8.91. The molecule has 0 aromatic heterocycles. The van der Waals surface area contributed by atoms with Gasteiger partial charge in [-0.05, 0) is 42.2 Å². The summed E-state index contributed by atoms with van der Waals surface area (Å²) < 4.78 is 27.5. The van der Waals surface area contributed by atoms with E-state index in [1.165, 1.54) is 21.0 Å². The molecule has 0 saturated heterocycles. The normalized spacial score (nSPS) is 16.6. The van der Waals surface area contributed by atoms with Crippen molar-refractivity contribution in [1.82, 2.24) is 0 Å². The molecule has 1 aliphatic heterocycles. The minimum Gasteiger partial charge on any atom is -0.504 e. The summed E-state index contributed by atoms with van der Waals surface area (Å²) in [6.07, 6.45) is 0.869. The fourth-order valence-corrected chi connectivity index (χ4v) is 3.80. The third kappa shape index (κ3) is 5.25. The van der Waals surface area contributed by atoms with E-state index in [9.17, 15) is 14.7 Å². The van der Waals surface area contributed by atoms with E-state index in [0.717, 1.165) is 16.7 Å². The number of aryl methyl sites for hydroxylation is 1. The van der Waals surface area contributed by atoms with Crippen molar-refractivity contribution in [2.24, 2.45) is 0 Å². The summed E-state index contributed by atoms with van der Waals surface area (Å²) in [5.41, 5.74) is 2.63. The van der Waals surface area contributed by atoms with Gasteiger partial charge in [0, 0.05) is 19.4 Å². The molecule has 0 fully saturated rings. The average molecular weight is 444 g/mol. The lowest BCUT2D eigenvalue weighted by molar-refractivity contribution is -0.142. The molecular weight excluding hydrogens is 416 g/mol. The van der Waals surface area contributed by atoms with E-state index < -0.39 is 6.10 Å². The molecule has 2 unspecified atom stereocenters. The van der Waals surface area contributed by atoms with Gasteiger partial charge >= 0.3 is 11.9 Å². The summed E-state index contributed by atoms with van der Waals surface area (Å²) in [7, 11) is 3.05. The van der Waals surface area contributed by atoms with Gasteiger partial charge in [0.1, 0.15) is 12.7 Å². The first-order valence-electron chi connectivity index (χ1n) is 10.3. The Kier molecular flexibility index (Phi) is 7.45. The van der Waals surface area contributed by atoms with Crippen molar-refractivity contribution in [3.8, 4) is 23.0 Å².